The molecule has 2 amide bonds. The van der Waals surface area contributed by atoms with Gasteiger partial charge >= 0.3 is 6.18 Å². The number of nitrogens with two attached hydrogens (primary N) is 1. The SMILES string of the molecule is CC1CN(C[C@@H](N)CC(=O)N2CCc3c(nc(C4CC4)nc3C(F)(F)F)C2)C(=O)CO1. The van der Waals surface area contributed by atoms with Gasteiger partial charge in [0.15, 0.2) is 5.69 Å². The highest BCUT2D eigenvalue weighted by atomic mass is 19.4. The number of alkyl halides is 3. The molecule has 11 heteroatoms. The molecule has 0 aromatic carbocycles. The minimum absolute atomic E-state index is 0.00104. The molecule has 1 unspecified atom stereocenters. The van der Waals surface area contributed by atoms with E-state index in [1.54, 1.807) is 4.90 Å². The van der Waals surface area contributed by atoms with Gasteiger partial charge in [-0.25, -0.2) is 9.97 Å². The van der Waals surface area contributed by atoms with Crippen molar-refractivity contribution in [3.05, 3.63) is 22.8 Å². The summed E-state index contributed by atoms with van der Waals surface area (Å²) in [6.45, 7) is 2.67. The largest absolute Gasteiger partial charge is 0.433 e. The van der Waals surface area contributed by atoms with E-state index in [1.165, 1.54) is 4.90 Å². The Morgan fingerprint density at radius 3 is 2.74 bits per heavy atom. The maximum absolute atomic E-state index is 13.5. The van der Waals surface area contributed by atoms with Gasteiger partial charge in [-0.3, -0.25) is 9.59 Å². The lowest BCUT2D eigenvalue weighted by molar-refractivity contribution is -0.148. The van der Waals surface area contributed by atoms with Crippen molar-refractivity contribution in [1.82, 2.24) is 19.8 Å². The van der Waals surface area contributed by atoms with Gasteiger partial charge in [0.2, 0.25) is 11.8 Å². The Balaban J connectivity index is 1.42. The van der Waals surface area contributed by atoms with Gasteiger partial charge in [0.25, 0.3) is 0 Å². The highest BCUT2D eigenvalue weighted by Gasteiger charge is 2.41. The zero-order valence-corrected chi connectivity index (χ0v) is 17.3. The van der Waals surface area contributed by atoms with Gasteiger partial charge in [0.05, 0.1) is 18.3 Å². The van der Waals surface area contributed by atoms with Crippen LogP contribution >= 0.6 is 0 Å². The number of hydrogen-bond acceptors (Lipinski definition) is 6. The van der Waals surface area contributed by atoms with Crippen molar-refractivity contribution >= 4 is 11.8 Å². The second kappa shape index (κ2) is 8.34. The fourth-order valence-electron chi connectivity index (χ4n) is 4.07. The van der Waals surface area contributed by atoms with Crippen LogP contribution in [0.25, 0.3) is 0 Å². The van der Waals surface area contributed by atoms with Gasteiger partial charge in [-0.2, -0.15) is 13.2 Å². The number of fused-ring (bicyclic) bond motifs is 1. The Morgan fingerprint density at radius 2 is 2.06 bits per heavy atom. The zero-order chi connectivity index (χ0) is 22.3. The average molecular weight is 441 g/mol. The molecule has 1 saturated heterocycles. The molecular weight excluding hydrogens is 415 g/mol. The van der Waals surface area contributed by atoms with E-state index >= 15 is 0 Å². The summed E-state index contributed by atoms with van der Waals surface area (Å²) in [6.07, 6.45) is -3.02. The molecule has 1 aliphatic carbocycles. The quantitative estimate of drug-likeness (QED) is 0.738. The number of carbonyl (C=O) groups excluding carboxylic acids is 2. The van der Waals surface area contributed by atoms with Crippen LogP contribution in [-0.2, 0) is 33.5 Å². The van der Waals surface area contributed by atoms with E-state index in [2.05, 4.69) is 9.97 Å². The third-order valence-corrected chi connectivity index (χ3v) is 5.86. The van der Waals surface area contributed by atoms with E-state index < -0.39 is 17.9 Å². The molecule has 170 valence electrons. The second-order valence-electron chi connectivity index (χ2n) is 8.58. The smallest absolute Gasteiger partial charge is 0.367 e. The van der Waals surface area contributed by atoms with E-state index in [0.29, 0.717) is 6.54 Å². The van der Waals surface area contributed by atoms with Crippen LogP contribution in [0.4, 0.5) is 13.2 Å². The van der Waals surface area contributed by atoms with Gasteiger partial charge in [-0.15, -0.1) is 0 Å². The molecule has 0 radical (unpaired) electrons. The van der Waals surface area contributed by atoms with Crippen molar-refractivity contribution in [2.75, 3.05) is 26.2 Å². The molecule has 3 heterocycles. The maximum atomic E-state index is 13.5. The lowest BCUT2D eigenvalue weighted by Crippen LogP contribution is -2.51. The van der Waals surface area contributed by atoms with Gasteiger partial charge in [-0.1, -0.05) is 0 Å². The van der Waals surface area contributed by atoms with Gasteiger partial charge in [-0.05, 0) is 26.2 Å². The molecule has 0 bridgehead atoms. The number of hydrogen-bond donors (Lipinski definition) is 1. The van der Waals surface area contributed by atoms with Crippen LogP contribution in [0.2, 0.25) is 0 Å². The summed E-state index contributed by atoms with van der Waals surface area (Å²) in [4.78, 5) is 36.0. The van der Waals surface area contributed by atoms with Crippen molar-refractivity contribution in [3.8, 4) is 0 Å². The summed E-state index contributed by atoms with van der Waals surface area (Å²) in [5.74, 6) is -0.236. The third kappa shape index (κ3) is 4.98. The molecule has 1 aromatic rings. The normalized spacial score (nSPS) is 23.0. The number of halogens is 3. The predicted octanol–water partition coefficient (Wildman–Crippen LogP) is 1.22. The standard InChI is InChI=1S/C20H26F3N5O3/c1-11-7-28(17(30)10-31-11)8-13(24)6-16(29)27-5-4-14-15(9-27)25-19(12-2-3-12)26-18(14)20(21,22)23/h11-13H,2-10,24H2,1H3/t11?,13-/m0/s1. The second-order valence-corrected chi connectivity index (χ2v) is 8.58. The molecule has 0 spiro atoms. The Labute approximate surface area is 177 Å². The van der Waals surface area contributed by atoms with Crippen LogP contribution in [0.5, 0.6) is 0 Å². The number of rotatable bonds is 5. The van der Waals surface area contributed by atoms with Crippen LogP contribution in [0.15, 0.2) is 0 Å². The molecule has 2 atom stereocenters. The number of amides is 2. The number of aromatic nitrogens is 2. The van der Waals surface area contributed by atoms with Gasteiger partial charge in [0.1, 0.15) is 12.4 Å². The molecule has 31 heavy (non-hydrogen) atoms. The first-order valence-corrected chi connectivity index (χ1v) is 10.5. The molecule has 4 rings (SSSR count). The highest BCUT2D eigenvalue weighted by Crippen LogP contribution is 2.41. The molecule has 2 N–H and O–H groups in total. The van der Waals surface area contributed by atoms with E-state index in [4.69, 9.17) is 10.5 Å². The summed E-state index contributed by atoms with van der Waals surface area (Å²) < 4.78 is 45.8. The number of carbonyl (C=O) groups is 2. The third-order valence-electron chi connectivity index (χ3n) is 5.86. The summed E-state index contributed by atoms with van der Waals surface area (Å²) in [5.41, 5.74) is 5.59. The van der Waals surface area contributed by atoms with Crippen molar-refractivity contribution in [3.63, 3.8) is 0 Å². The Bertz CT molecular complexity index is 874. The Kier molecular flexibility index (Phi) is 5.91. The Morgan fingerprint density at radius 1 is 1.32 bits per heavy atom. The highest BCUT2D eigenvalue weighted by molar-refractivity contribution is 5.79. The first-order valence-electron chi connectivity index (χ1n) is 10.5. The number of nitrogens with zero attached hydrogens (tertiary/aromatic N) is 4. The van der Waals surface area contributed by atoms with E-state index in [-0.39, 0.29) is 80.0 Å². The van der Waals surface area contributed by atoms with Crippen molar-refractivity contribution in [2.24, 2.45) is 5.73 Å². The van der Waals surface area contributed by atoms with E-state index in [1.807, 2.05) is 6.92 Å². The fraction of sp³-hybridized carbons (Fsp3) is 0.700. The molecular formula is C20H26F3N5O3. The van der Waals surface area contributed by atoms with Gasteiger partial charge < -0.3 is 20.3 Å². The lowest BCUT2D eigenvalue weighted by atomic mass is 10.0. The molecule has 1 saturated carbocycles. The first-order chi connectivity index (χ1) is 14.6. The van der Waals surface area contributed by atoms with Gasteiger partial charge in [0, 0.05) is 43.6 Å². The molecule has 1 aromatic heterocycles. The molecule has 2 fully saturated rings. The minimum atomic E-state index is -4.55. The predicted molar refractivity (Wildman–Crippen MR) is 103 cm³/mol. The van der Waals surface area contributed by atoms with Crippen molar-refractivity contribution < 1.29 is 27.5 Å². The first kappa shape index (κ1) is 21.9. The Hall–Kier alpha value is -2.27. The fourth-order valence-corrected chi connectivity index (χ4v) is 4.07. The zero-order valence-electron chi connectivity index (χ0n) is 17.3. The summed E-state index contributed by atoms with van der Waals surface area (Å²) in [5, 5.41) is 0. The topological polar surface area (TPSA) is 102 Å². The van der Waals surface area contributed by atoms with Crippen LogP contribution in [0.1, 0.15) is 54.9 Å². The van der Waals surface area contributed by atoms with Crippen molar-refractivity contribution in [1.29, 1.82) is 0 Å². The van der Waals surface area contributed by atoms with Crippen LogP contribution in [0.3, 0.4) is 0 Å². The summed E-state index contributed by atoms with van der Waals surface area (Å²) in [7, 11) is 0. The average Bonchev–Trinajstić information content (AvgIpc) is 3.54. The number of morpholine rings is 1. The van der Waals surface area contributed by atoms with Crippen molar-refractivity contribution in [2.45, 2.75) is 63.4 Å². The molecule has 2 aliphatic heterocycles. The minimum Gasteiger partial charge on any atom is -0.367 e. The van der Waals surface area contributed by atoms with E-state index in [9.17, 15) is 22.8 Å². The number of ether oxygens (including phenoxy) is 1. The molecule has 3 aliphatic rings. The summed E-state index contributed by atoms with van der Waals surface area (Å²) in [6, 6.07) is -0.568. The van der Waals surface area contributed by atoms with Crippen LogP contribution < -0.4 is 5.73 Å². The molecule has 8 nitrogen and oxygen atoms in total. The summed E-state index contributed by atoms with van der Waals surface area (Å²) >= 11 is 0. The van der Waals surface area contributed by atoms with E-state index in [0.717, 1.165) is 12.8 Å². The lowest BCUT2D eigenvalue weighted by Gasteiger charge is -2.34. The van der Waals surface area contributed by atoms with Crippen LogP contribution in [-0.4, -0.2) is 70.0 Å². The monoisotopic (exact) mass is 441 g/mol. The van der Waals surface area contributed by atoms with Crippen LogP contribution in [0, 0.1) is 0 Å². The maximum Gasteiger partial charge on any atom is 0.433 e.